The number of methoxy groups -OCH3 is 1. The Morgan fingerprint density at radius 3 is 2.06 bits per heavy atom. The molecule has 1 N–H and O–H groups in total. The number of carbonyl (C=O) groups is 2. The maximum Gasteiger partial charge on any atom is 0.256 e. The number of rotatable bonds is 10. The fraction of sp³-hybridized carbons (Fsp3) is 0.552. The van der Waals surface area contributed by atoms with Crippen LogP contribution in [0.25, 0.3) is 0 Å². The van der Waals surface area contributed by atoms with Gasteiger partial charge >= 0.3 is 0 Å². The smallest absolute Gasteiger partial charge is 0.256 e. The van der Waals surface area contributed by atoms with Crippen molar-refractivity contribution in [3.8, 4) is 0 Å². The lowest BCUT2D eigenvalue weighted by molar-refractivity contribution is -0.106. The molecule has 1 aromatic carbocycles. The summed E-state index contributed by atoms with van der Waals surface area (Å²) in [6.07, 6.45) is 8.25. The number of aryl methyl sites for hydroxylation is 1. The van der Waals surface area contributed by atoms with Crippen LogP contribution in [0.15, 0.2) is 42.6 Å². The van der Waals surface area contributed by atoms with Gasteiger partial charge in [0.2, 0.25) is 0 Å². The van der Waals surface area contributed by atoms with Crippen molar-refractivity contribution in [2.75, 3.05) is 30.4 Å². The number of hydrogen-bond acceptors (Lipinski definition) is 5. The van der Waals surface area contributed by atoms with Gasteiger partial charge in [0.15, 0.2) is 0 Å². The Kier molecular flexibility index (Phi) is 17.1. The van der Waals surface area contributed by atoms with E-state index in [9.17, 15) is 4.79 Å². The van der Waals surface area contributed by atoms with E-state index in [1.54, 1.807) is 7.11 Å². The molecule has 0 fully saturated rings. The average molecular weight is 486 g/mol. The molecule has 35 heavy (non-hydrogen) atoms. The zero-order valence-electron chi connectivity index (χ0n) is 23.2. The third kappa shape index (κ3) is 15.0. The number of unbranched alkanes of at least 4 members (excludes halogenated alkanes) is 2. The number of nitrogens with zero attached hydrogens (tertiary/aromatic N) is 2. The Balaban J connectivity index is 0.00000110. The summed E-state index contributed by atoms with van der Waals surface area (Å²) >= 11 is 0. The number of amides is 1. The fourth-order valence-corrected chi connectivity index (χ4v) is 2.84. The van der Waals surface area contributed by atoms with Crippen molar-refractivity contribution in [1.82, 2.24) is 4.98 Å². The molecular weight excluding hydrogens is 438 g/mol. The summed E-state index contributed by atoms with van der Waals surface area (Å²) in [5.41, 5.74) is 2.99. The molecule has 0 spiro atoms. The molecule has 0 aliphatic rings. The number of benzene rings is 1. The van der Waals surface area contributed by atoms with Gasteiger partial charge in [-0.05, 0) is 76.8 Å². The van der Waals surface area contributed by atoms with Gasteiger partial charge in [-0.15, -0.1) is 0 Å². The van der Waals surface area contributed by atoms with Crippen LogP contribution in [0.4, 0.5) is 11.5 Å². The number of aromatic nitrogens is 1. The second kappa shape index (κ2) is 18.6. The van der Waals surface area contributed by atoms with Crippen LogP contribution in [-0.4, -0.2) is 43.0 Å². The summed E-state index contributed by atoms with van der Waals surface area (Å²) in [4.78, 5) is 28.1. The van der Waals surface area contributed by atoms with Crippen LogP contribution >= 0.6 is 0 Å². The molecule has 1 aromatic heterocycles. The number of pyridine rings is 1. The molecule has 6 nitrogen and oxygen atoms in total. The first-order chi connectivity index (χ1) is 16.6. The van der Waals surface area contributed by atoms with E-state index in [-0.39, 0.29) is 11.5 Å². The molecule has 1 heterocycles. The molecule has 0 atom stereocenters. The Morgan fingerprint density at radius 1 is 1.06 bits per heavy atom. The highest BCUT2D eigenvalue weighted by Gasteiger charge is 2.10. The maximum absolute atomic E-state index is 12.4. The van der Waals surface area contributed by atoms with Gasteiger partial charge in [0.05, 0.1) is 17.5 Å². The predicted octanol–water partition coefficient (Wildman–Crippen LogP) is 6.94. The zero-order valence-corrected chi connectivity index (χ0v) is 23.2. The van der Waals surface area contributed by atoms with E-state index in [0.29, 0.717) is 11.4 Å². The van der Waals surface area contributed by atoms with Crippen LogP contribution in [0.1, 0.15) is 90.1 Å². The second-order valence-corrected chi connectivity index (χ2v) is 9.16. The van der Waals surface area contributed by atoms with Crippen LogP contribution in [0.5, 0.6) is 0 Å². The molecule has 0 radical (unpaired) electrons. The third-order valence-corrected chi connectivity index (χ3v) is 5.13. The molecule has 196 valence electrons. The van der Waals surface area contributed by atoms with E-state index in [1.165, 1.54) is 32.6 Å². The van der Waals surface area contributed by atoms with Crippen molar-refractivity contribution in [1.29, 1.82) is 0 Å². The molecule has 2 rings (SSSR count). The molecule has 6 heteroatoms. The highest BCUT2D eigenvalue weighted by atomic mass is 16.5. The largest absolute Gasteiger partial charge is 0.379 e. The second-order valence-electron chi connectivity index (χ2n) is 9.16. The van der Waals surface area contributed by atoms with Crippen molar-refractivity contribution in [3.05, 3.63) is 53.7 Å². The lowest BCUT2D eigenvalue weighted by Crippen LogP contribution is -2.25. The van der Waals surface area contributed by atoms with Crippen LogP contribution in [0.2, 0.25) is 0 Å². The van der Waals surface area contributed by atoms with Crippen molar-refractivity contribution < 1.29 is 14.3 Å². The SMILES string of the molecule is CC=O.CCCCN(CCCC)c1ccc(NC(=O)c2cccc(CC)c2)nc1.COC(C)(C)C. The molecular formula is C29H47N3O3. The zero-order chi connectivity index (χ0) is 26.7. The first-order valence-electron chi connectivity index (χ1n) is 12.7. The summed E-state index contributed by atoms with van der Waals surface area (Å²) in [5, 5.41) is 2.89. The number of nitrogens with one attached hydrogen (secondary N) is 1. The van der Waals surface area contributed by atoms with Crippen LogP contribution in [0, 0.1) is 0 Å². The Morgan fingerprint density at radius 2 is 1.63 bits per heavy atom. The lowest BCUT2D eigenvalue weighted by atomic mass is 10.1. The Labute approximate surface area is 213 Å². The first-order valence-corrected chi connectivity index (χ1v) is 12.7. The van der Waals surface area contributed by atoms with Crippen LogP contribution < -0.4 is 10.2 Å². The summed E-state index contributed by atoms with van der Waals surface area (Å²) < 4.78 is 4.94. The monoisotopic (exact) mass is 485 g/mol. The van der Waals surface area contributed by atoms with Crippen molar-refractivity contribution in [2.45, 2.75) is 86.2 Å². The quantitative estimate of drug-likeness (QED) is 0.369. The number of carbonyl (C=O) groups excluding carboxylic acids is 2. The van der Waals surface area contributed by atoms with E-state index >= 15 is 0 Å². The molecule has 0 aliphatic heterocycles. The fourth-order valence-electron chi connectivity index (χ4n) is 2.84. The van der Waals surface area contributed by atoms with Gasteiger partial charge in [0, 0.05) is 25.8 Å². The van der Waals surface area contributed by atoms with Crippen molar-refractivity contribution in [3.63, 3.8) is 0 Å². The summed E-state index contributed by atoms with van der Waals surface area (Å²) in [7, 11) is 1.71. The Bertz CT molecular complexity index is 822. The Hall–Kier alpha value is -2.73. The number of hydrogen-bond donors (Lipinski definition) is 1. The highest BCUT2D eigenvalue weighted by Crippen LogP contribution is 2.17. The van der Waals surface area contributed by atoms with Gasteiger partial charge in [-0.25, -0.2) is 4.98 Å². The summed E-state index contributed by atoms with van der Waals surface area (Å²) in [6, 6.07) is 11.7. The minimum absolute atomic E-state index is 0.0417. The van der Waals surface area contributed by atoms with E-state index in [1.807, 2.05) is 57.3 Å². The topological polar surface area (TPSA) is 71.5 Å². The van der Waals surface area contributed by atoms with Gasteiger partial charge in [0.1, 0.15) is 12.1 Å². The third-order valence-electron chi connectivity index (χ3n) is 5.13. The number of anilines is 2. The number of aldehydes is 1. The summed E-state index contributed by atoms with van der Waals surface area (Å²) in [6.45, 7) is 16.1. The van der Waals surface area contributed by atoms with Crippen molar-refractivity contribution >= 4 is 23.7 Å². The summed E-state index contributed by atoms with van der Waals surface area (Å²) in [5.74, 6) is 0.473. The van der Waals surface area contributed by atoms with E-state index in [4.69, 9.17) is 9.53 Å². The molecule has 0 saturated carbocycles. The van der Waals surface area contributed by atoms with Gasteiger partial charge in [-0.3, -0.25) is 4.79 Å². The molecule has 1 amide bonds. The molecule has 0 saturated heterocycles. The minimum atomic E-state index is -0.116. The van der Waals surface area contributed by atoms with Gasteiger partial charge in [-0.2, -0.15) is 0 Å². The lowest BCUT2D eigenvalue weighted by Gasteiger charge is -2.24. The van der Waals surface area contributed by atoms with Gasteiger partial charge in [0.25, 0.3) is 5.91 Å². The van der Waals surface area contributed by atoms with E-state index in [0.717, 1.165) is 37.0 Å². The average Bonchev–Trinajstić information content (AvgIpc) is 2.85. The number of ether oxygens (including phenoxy) is 1. The minimum Gasteiger partial charge on any atom is -0.379 e. The van der Waals surface area contributed by atoms with E-state index < -0.39 is 0 Å². The van der Waals surface area contributed by atoms with Crippen LogP contribution in [-0.2, 0) is 16.0 Å². The van der Waals surface area contributed by atoms with Crippen molar-refractivity contribution in [2.24, 2.45) is 0 Å². The van der Waals surface area contributed by atoms with E-state index in [2.05, 4.69) is 42.0 Å². The predicted molar refractivity (Wildman–Crippen MR) is 149 cm³/mol. The molecule has 2 aromatic rings. The molecule has 0 bridgehead atoms. The standard InChI is InChI=1S/C22H31N3O.C5H12O.C2H4O/c1-4-7-14-25(15-8-5-2)20-12-13-21(23-17-20)24-22(26)19-11-9-10-18(6-3)16-19;1-5(2,3)6-4;1-2-3/h9-13,16-17H,4-8,14-15H2,1-3H3,(H,23,24,26);1-4H3;2H,1H3. The normalized spacial score (nSPS) is 10.3. The molecule has 0 unspecified atom stereocenters. The van der Waals surface area contributed by atoms with Crippen LogP contribution in [0.3, 0.4) is 0 Å². The highest BCUT2D eigenvalue weighted by molar-refractivity contribution is 6.03. The maximum atomic E-state index is 12.4. The first kappa shape index (κ1) is 32.3. The van der Waals surface area contributed by atoms with Gasteiger partial charge < -0.3 is 19.7 Å². The molecule has 0 aliphatic carbocycles. The van der Waals surface area contributed by atoms with Gasteiger partial charge in [-0.1, -0.05) is 45.7 Å².